The molecule has 1 aromatic carbocycles. The Kier molecular flexibility index (Phi) is 9.16. The molecule has 3 nitrogen and oxygen atoms in total. The van der Waals surface area contributed by atoms with Gasteiger partial charge in [-0.2, -0.15) is 11.3 Å². The number of halogens is 2. The van der Waals surface area contributed by atoms with Gasteiger partial charge in [-0.3, -0.25) is 0 Å². The molecular formula is C17H23FIN3S. The van der Waals surface area contributed by atoms with Gasteiger partial charge in [-0.1, -0.05) is 19.1 Å². The van der Waals surface area contributed by atoms with Gasteiger partial charge in [-0.25, -0.2) is 9.38 Å². The molecule has 23 heavy (non-hydrogen) atoms. The third-order valence-corrected chi connectivity index (χ3v) is 4.04. The first kappa shape index (κ1) is 19.9. The molecule has 2 rings (SSSR count). The summed E-state index contributed by atoms with van der Waals surface area (Å²) in [6, 6.07) is 8.69. The summed E-state index contributed by atoms with van der Waals surface area (Å²) in [4.78, 5) is 4.51. The third-order valence-electron chi connectivity index (χ3n) is 3.34. The molecule has 2 N–H and O–H groups in total. The van der Waals surface area contributed by atoms with Gasteiger partial charge in [0.2, 0.25) is 0 Å². The summed E-state index contributed by atoms with van der Waals surface area (Å²) >= 11 is 1.71. The topological polar surface area (TPSA) is 36.4 Å². The third kappa shape index (κ3) is 6.87. The van der Waals surface area contributed by atoms with E-state index in [0.29, 0.717) is 12.5 Å². The lowest BCUT2D eigenvalue weighted by atomic mass is 10.1. The number of rotatable bonds is 6. The lowest BCUT2D eigenvalue weighted by Crippen LogP contribution is -2.39. The molecule has 0 saturated heterocycles. The summed E-state index contributed by atoms with van der Waals surface area (Å²) in [5.41, 5.74) is 2.20. The van der Waals surface area contributed by atoms with E-state index in [4.69, 9.17) is 0 Å². The summed E-state index contributed by atoms with van der Waals surface area (Å²) < 4.78 is 13.2. The van der Waals surface area contributed by atoms with Crippen molar-refractivity contribution < 1.29 is 4.39 Å². The van der Waals surface area contributed by atoms with Crippen LogP contribution in [0, 0.1) is 5.82 Å². The van der Waals surface area contributed by atoms with Crippen molar-refractivity contribution in [3.8, 4) is 0 Å². The van der Waals surface area contributed by atoms with Gasteiger partial charge in [0.25, 0.3) is 0 Å². The zero-order chi connectivity index (χ0) is 15.8. The maximum absolute atomic E-state index is 13.2. The van der Waals surface area contributed by atoms with Crippen molar-refractivity contribution in [1.29, 1.82) is 0 Å². The molecule has 1 atom stereocenters. The van der Waals surface area contributed by atoms with E-state index >= 15 is 0 Å². The van der Waals surface area contributed by atoms with Gasteiger partial charge >= 0.3 is 0 Å². The van der Waals surface area contributed by atoms with Gasteiger partial charge in [-0.15, -0.1) is 24.0 Å². The maximum Gasteiger partial charge on any atom is 0.191 e. The van der Waals surface area contributed by atoms with Gasteiger partial charge in [0, 0.05) is 13.1 Å². The molecular weight excluding hydrogens is 424 g/mol. The van der Waals surface area contributed by atoms with E-state index in [1.54, 1.807) is 17.4 Å². The van der Waals surface area contributed by atoms with Gasteiger partial charge in [0.1, 0.15) is 5.82 Å². The van der Waals surface area contributed by atoms with Gasteiger partial charge in [0.15, 0.2) is 5.96 Å². The largest absolute Gasteiger partial charge is 0.357 e. The molecule has 126 valence electrons. The Labute approximate surface area is 158 Å². The Balaban J connectivity index is 0.00000264. The fourth-order valence-electron chi connectivity index (χ4n) is 2.07. The molecule has 2 aromatic rings. The first-order valence-electron chi connectivity index (χ1n) is 7.47. The Hall–Kier alpha value is -1.15. The van der Waals surface area contributed by atoms with Crippen molar-refractivity contribution in [3.63, 3.8) is 0 Å². The smallest absolute Gasteiger partial charge is 0.191 e. The van der Waals surface area contributed by atoms with E-state index in [2.05, 4.69) is 39.4 Å². The molecule has 0 bridgehead atoms. The van der Waals surface area contributed by atoms with E-state index in [9.17, 15) is 4.39 Å². The van der Waals surface area contributed by atoms with Gasteiger partial charge in [-0.05, 0) is 52.9 Å². The normalized spacial score (nSPS) is 12.4. The fraction of sp³-hybridized carbons (Fsp3) is 0.353. The predicted octanol–water partition coefficient (Wildman–Crippen LogP) is 4.36. The highest BCUT2D eigenvalue weighted by Gasteiger charge is 2.07. The molecule has 1 heterocycles. The number of hydrogen-bond acceptors (Lipinski definition) is 2. The van der Waals surface area contributed by atoms with E-state index in [-0.39, 0.29) is 29.8 Å². The van der Waals surface area contributed by atoms with Crippen molar-refractivity contribution in [2.45, 2.75) is 26.3 Å². The van der Waals surface area contributed by atoms with Crippen LogP contribution in [-0.2, 0) is 6.54 Å². The minimum Gasteiger partial charge on any atom is -0.357 e. The number of benzene rings is 1. The SMILES string of the molecule is CCNC(=NCc1cccc(F)c1)NCC(C)c1ccsc1.I. The lowest BCUT2D eigenvalue weighted by molar-refractivity contribution is 0.625. The lowest BCUT2D eigenvalue weighted by Gasteiger charge is -2.15. The molecule has 0 amide bonds. The molecule has 0 aliphatic carbocycles. The highest BCUT2D eigenvalue weighted by Crippen LogP contribution is 2.17. The first-order chi connectivity index (χ1) is 10.7. The van der Waals surface area contributed by atoms with Crippen LogP contribution in [0.5, 0.6) is 0 Å². The van der Waals surface area contributed by atoms with Crippen molar-refractivity contribution in [3.05, 3.63) is 58.0 Å². The van der Waals surface area contributed by atoms with Crippen LogP contribution in [0.15, 0.2) is 46.1 Å². The Morgan fingerprint density at radius 2 is 2.13 bits per heavy atom. The zero-order valence-corrected chi connectivity index (χ0v) is 16.5. The average Bonchev–Trinajstić information content (AvgIpc) is 3.04. The number of nitrogens with one attached hydrogen (secondary N) is 2. The van der Waals surface area contributed by atoms with Crippen LogP contribution in [0.3, 0.4) is 0 Å². The Bertz CT molecular complexity index is 602. The monoisotopic (exact) mass is 447 g/mol. The van der Waals surface area contributed by atoms with Crippen LogP contribution in [0.25, 0.3) is 0 Å². The van der Waals surface area contributed by atoms with Crippen molar-refractivity contribution in [2.24, 2.45) is 4.99 Å². The Morgan fingerprint density at radius 3 is 2.78 bits per heavy atom. The molecule has 1 unspecified atom stereocenters. The van der Waals surface area contributed by atoms with Crippen LogP contribution in [0.1, 0.15) is 30.9 Å². The predicted molar refractivity (Wildman–Crippen MR) is 107 cm³/mol. The second-order valence-electron chi connectivity index (χ2n) is 5.16. The quantitative estimate of drug-likeness (QED) is 0.392. The van der Waals surface area contributed by atoms with E-state index < -0.39 is 0 Å². The summed E-state index contributed by atoms with van der Waals surface area (Å²) in [5, 5.41) is 10.8. The highest BCUT2D eigenvalue weighted by molar-refractivity contribution is 14.0. The van der Waals surface area contributed by atoms with E-state index in [0.717, 1.165) is 24.6 Å². The summed E-state index contributed by atoms with van der Waals surface area (Å²) in [6.45, 7) is 6.28. The minimum atomic E-state index is -0.225. The van der Waals surface area contributed by atoms with Gasteiger partial charge < -0.3 is 10.6 Å². The molecule has 0 spiro atoms. The van der Waals surface area contributed by atoms with E-state index in [1.807, 2.05) is 13.0 Å². The van der Waals surface area contributed by atoms with Crippen LogP contribution < -0.4 is 10.6 Å². The average molecular weight is 447 g/mol. The molecule has 1 aromatic heterocycles. The number of guanidine groups is 1. The summed E-state index contributed by atoms with van der Waals surface area (Å²) in [7, 11) is 0. The van der Waals surface area contributed by atoms with Crippen molar-refractivity contribution >= 4 is 41.3 Å². The van der Waals surface area contributed by atoms with Gasteiger partial charge in [0.05, 0.1) is 6.54 Å². The second kappa shape index (κ2) is 10.6. The minimum absolute atomic E-state index is 0. The Morgan fingerprint density at radius 1 is 1.30 bits per heavy atom. The van der Waals surface area contributed by atoms with Crippen LogP contribution >= 0.6 is 35.3 Å². The molecule has 0 radical (unpaired) electrons. The first-order valence-corrected chi connectivity index (χ1v) is 8.42. The fourth-order valence-corrected chi connectivity index (χ4v) is 2.85. The molecule has 6 heteroatoms. The number of hydrogen-bond donors (Lipinski definition) is 2. The zero-order valence-electron chi connectivity index (χ0n) is 13.4. The maximum atomic E-state index is 13.2. The van der Waals surface area contributed by atoms with Crippen molar-refractivity contribution in [1.82, 2.24) is 10.6 Å². The standard InChI is InChI=1S/C17H22FN3S.HI/c1-3-19-17(20-10-13(2)15-7-8-22-12-15)21-11-14-5-4-6-16(18)9-14;/h4-9,12-13H,3,10-11H2,1-2H3,(H2,19,20,21);1H. The molecule has 0 saturated carbocycles. The summed E-state index contributed by atoms with van der Waals surface area (Å²) in [5.74, 6) is 0.954. The number of thiophene rings is 1. The molecule has 0 aliphatic heterocycles. The number of nitrogens with zero attached hydrogens (tertiary/aromatic N) is 1. The van der Waals surface area contributed by atoms with Crippen molar-refractivity contribution in [2.75, 3.05) is 13.1 Å². The molecule has 0 aliphatic rings. The van der Waals surface area contributed by atoms with E-state index in [1.165, 1.54) is 17.7 Å². The molecule has 0 fully saturated rings. The van der Waals surface area contributed by atoms with Crippen LogP contribution in [-0.4, -0.2) is 19.0 Å². The van der Waals surface area contributed by atoms with Crippen LogP contribution in [0.4, 0.5) is 4.39 Å². The number of aliphatic imine (C=N–C) groups is 1. The highest BCUT2D eigenvalue weighted by atomic mass is 127. The second-order valence-corrected chi connectivity index (χ2v) is 5.94. The summed E-state index contributed by atoms with van der Waals surface area (Å²) in [6.07, 6.45) is 0. The van der Waals surface area contributed by atoms with Crippen LogP contribution in [0.2, 0.25) is 0 Å².